The van der Waals surface area contributed by atoms with Crippen molar-refractivity contribution >= 4 is 13.6 Å². The second-order valence-electron chi connectivity index (χ2n) is 3.06. The number of likely N-dealkylation sites (N-methyl/N-ethyl adjacent to an activating group) is 1. The summed E-state index contributed by atoms with van der Waals surface area (Å²) >= 11 is 0. The topological polar surface area (TPSA) is 26.7 Å². The molecule has 0 saturated carbocycles. The monoisotopic (exact) mass is 153 g/mol. The van der Waals surface area contributed by atoms with Gasteiger partial charge in [0, 0.05) is 0 Å². The van der Waals surface area contributed by atoms with Crippen LogP contribution in [0.25, 0.3) is 0 Å². The molecule has 0 spiro atoms. The number of hydrogen-bond acceptors (Lipinski definition) is 3. The number of nitrogens with zero attached hydrogens (tertiary/aromatic N) is 2. The summed E-state index contributed by atoms with van der Waals surface area (Å²) in [5, 5.41) is 9.40. The second kappa shape index (κ2) is 3.88. The Bertz CT molecular complexity index is 142. The average molecular weight is 153 g/mol. The minimum absolute atomic E-state index is 0.276. The SMILES string of the molecule is [B]=CN1CCN(C)CC(O)C1. The molecule has 0 aliphatic carbocycles. The van der Waals surface area contributed by atoms with Gasteiger partial charge in [0.25, 0.3) is 0 Å². The summed E-state index contributed by atoms with van der Waals surface area (Å²) < 4.78 is 0. The molecule has 1 N–H and O–H groups in total. The molecule has 1 heterocycles. The van der Waals surface area contributed by atoms with E-state index in [1.165, 1.54) is 0 Å². The van der Waals surface area contributed by atoms with Crippen LogP contribution in [-0.2, 0) is 0 Å². The third-order valence-corrected chi connectivity index (χ3v) is 1.95. The van der Waals surface area contributed by atoms with E-state index in [0.717, 1.165) is 19.6 Å². The standard InChI is InChI=1S/C7H14BN2O/c1-9-2-3-10(6-8)5-7(11)4-9/h6-7,11H,2-5H2,1H3. The fourth-order valence-corrected chi connectivity index (χ4v) is 1.31. The Kier molecular flexibility index (Phi) is 3.08. The first-order valence-corrected chi connectivity index (χ1v) is 3.88. The predicted molar refractivity (Wildman–Crippen MR) is 46.9 cm³/mol. The molecule has 0 aromatic carbocycles. The molecule has 3 nitrogen and oxygen atoms in total. The van der Waals surface area contributed by atoms with Crippen LogP contribution in [0.1, 0.15) is 0 Å². The molecular weight excluding hydrogens is 139 g/mol. The first-order valence-electron chi connectivity index (χ1n) is 3.88. The number of rotatable bonds is 1. The van der Waals surface area contributed by atoms with Crippen LogP contribution in [0.3, 0.4) is 0 Å². The molecule has 0 amide bonds. The van der Waals surface area contributed by atoms with Gasteiger partial charge in [-0.3, -0.25) is 0 Å². The first-order chi connectivity index (χ1) is 5.22. The van der Waals surface area contributed by atoms with Gasteiger partial charge in [-0.15, -0.1) is 0 Å². The molecule has 4 heteroatoms. The van der Waals surface area contributed by atoms with Gasteiger partial charge in [0.15, 0.2) is 0 Å². The first kappa shape index (κ1) is 8.75. The van der Waals surface area contributed by atoms with Crippen LogP contribution in [0.15, 0.2) is 0 Å². The zero-order valence-electron chi connectivity index (χ0n) is 6.90. The van der Waals surface area contributed by atoms with Crippen LogP contribution in [0, 0.1) is 0 Å². The van der Waals surface area contributed by atoms with Crippen LogP contribution in [-0.4, -0.2) is 67.8 Å². The molecule has 1 saturated heterocycles. The van der Waals surface area contributed by atoms with E-state index < -0.39 is 0 Å². The van der Waals surface area contributed by atoms with Gasteiger partial charge in [0.2, 0.25) is 0 Å². The van der Waals surface area contributed by atoms with Crippen molar-refractivity contribution < 1.29 is 5.11 Å². The van der Waals surface area contributed by atoms with Crippen LogP contribution < -0.4 is 0 Å². The van der Waals surface area contributed by atoms with E-state index in [0.29, 0.717) is 6.54 Å². The Labute approximate surface area is 68.7 Å². The molecule has 61 valence electrons. The fourth-order valence-electron chi connectivity index (χ4n) is 1.31. The van der Waals surface area contributed by atoms with Crippen molar-refractivity contribution in [3.05, 3.63) is 0 Å². The van der Waals surface area contributed by atoms with E-state index in [4.69, 9.17) is 7.49 Å². The van der Waals surface area contributed by atoms with E-state index >= 15 is 0 Å². The van der Waals surface area contributed by atoms with Gasteiger partial charge in [0.1, 0.15) is 0 Å². The van der Waals surface area contributed by atoms with Crippen LogP contribution >= 0.6 is 0 Å². The van der Waals surface area contributed by atoms with E-state index in [2.05, 4.69) is 4.90 Å². The Balaban J connectivity index is 2.45. The fraction of sp³-hybridized carbons (Fsp3) is 0.857. The maximum atomic E-state index is 9.40. The van der Waals surface area contributed by atoms with Gasteiger partial charge in [-0.05, 0) is 0 Å². The maximum absolute atomic E-state index is 9.40. The molecule has 0 aromatic rings. The van der Waals surface area contributed by atoms with Gasteiger partial charge in [0.05, 0.1) is 0 Å². The van der Waals surface area contributed by atoms with Crippen molar-refractivity contribution in [1.82, 2.24) is 9.80 Å². The van der Waals surface area contributed by atoms with Gasteiger partial charge in [-0.2, -0.15) is 0 Å². The third-order valence-electron chi connectivity index (χ3n) is 1.95. The van der Waals surface area contributed by atoms with Crippen molar-refractivity contribution in [2.45, 2.75) is 6.10 Å². The van der Waals surface area contributed by atoms with Gasteiger partial charge < -0.3 is 0 Å². The molecule has 1 atom stereocenters. The van der Waals surface area contributed by atoms with Gasteiger partial charge in [-0.1, -0.05) is 0 Å². The summed E-state index contributed by atoms with van der Waals surface area (Å²) in [4.78, 5) is 4.04. The molecule has 1 fully saturated rings. The van der Waals surface area contributed by atoms with Crippen molar-refractivity contribution in [1.29, 1.82) is 0 Å². The summed E-state index contributed by atoms with van der Waals surface area (Å²) in [6.45, 7) is 3.26. The molecule has 0 aromatic heterocycles. The van der Waals surface area contributed by atoms with Crippen molar-refractivity contribution in [2.75, 3.05) is 33.2 Å². The van der Waals surface area contributed by atoms with E-state index in [9.17, 15) is 5.11 Å². The molecule has 1 aliphatic rings. The summed E-state index contributed by atoms with van der Waals surface area (Å²) in [6.07, 6.45) is 1.27. The number of aliphatic hydroxyl groups is 1. The zero-order valence-corrected chi connectivity index (χ0v) is 6.90. The normalized spacial score (nSPS) is 28.1. The number of aliphatic hydroxyl groups excluding tert-OH is 1. The van der Waals surface area contributed by atoms with E-state index in [1.54, 1.807) is 6.09 Å². The molecule has 1 rings (SSSR count). The number of hydrogen-bond donors (Lipinski definition) is 1. The quantitative estimate of drug-likeness (QED) is 0.465. The van der Waals surface area contributed by atoms with Gasteiger partial charge >= 0.3 is 67.8 Å². The summed E-state index contributed by atoms with van der Waals surface area (Å²) in [5.41, 5.74) is 0. The zero-order chi connectivity index (χ0) is 8.27. The summed E-state index contributed by atoms with van der Waals surface area (Å²) in [5.74, 6) is 0. The minimum atomic E-state index is -0.276. The molecule has 1 unspecified atom stereocenters. The third kappa shape index (κ3) is 2.63. The Morgan fingerprint density at radius 2 is 2.18 bits per heavy atom. The van der Waals surface area contributed by atoms with E-state index in [-0.39, 0.29) is 6.10 Å². The van der Waals surface area contributed by atoms with Crippen LogP contribution in [0.4, 0.5) is 0 Å². The van der Waals surface area contributed by atoms with Crippen molar-refractivity contribution in [2.24, 2.45) is 0 Å². The Morgan fingerprint density at radius 1 is 1.45 bits per heavy atom. The Hall–Kier alpha value is -0.345. The van der Waals surface area contributed by atoms with Crippen molar-refractivity contribution in [3.63, 3.8) is 0 Å². The number of β-amino-alcohol motifs (C(OH)–C–C–N with tert-alkyl or cyclic N) is 1. The molecule has 1 aliphatic heterocycles. The van der Waals surface area contributed by atoms with Crippen LogP contribution in [0.2, 0.25) is 0 Å². The Morgan fingerprint density at radius 3 is 2.82 bits per heavy atom. The van der Waals surface area contributed by atoms with Gasteiger partial charge in [-0.25, -0.2) is 0 Å². The summed E-state index contributed by atoms with van der Waals surface area (Å²) in [7, 11) is 7.35. The molecular formula is C7H14BN2O. The molecule has 11 heavy (non-hydrogen) atoms. The summed E-state index contributed by atoms with van der Waals surface area (Å²) in [6, 6.07) is 0. The van der Waals surface area contributed by atoms with Crippen molar-refractivity contribution in [3.8, 4) is 0 Å². The molecule has 0 bridgehead atoms. The molecule has 1 radical (unpaired) electrons. The predicted octanol–water partition coefficient (Wildman–Crippen LogP) is -1.48. The van der Waals surface area contributed by atoms with E-state index in [1.807, 2.05) is 11.9 Å². The second-order valence-corrected chi connectivity index (χ2v) is 3.06. The van der Waals surface area contributed by atoms with Crippen LogP contribution in [0.5, 0.6) is 0 Å². The average Bonchev–Trinajstić information content (AvgIpc) is 2.11.